The van der Waals surface area contributed by atoms with E-state index in [-0.39, 0.29) is 6.04 Å². The van der Waals surface area contributed by atoms with E-state index in [9.17, 15) is 0 Å². The molecule has 0 spiro atoms. The monoisotopic (exact) mass is 270 g/mol. The van der Waals surface area contributed by atoms with Gasteiger partial charge in [0.15, 0.2) is 0 Å². The molecule has 2 aromatic rings. The van der Waals surface area contributed by atoms with Crippen LogP contribution >= 0.6 is 0 Å². The Kier molecular flexibility index (Phi) is 4.28. The summed E-state index contributed by atoms with van der Waals surface area (Å²) in [6.07, 6.45) is 7.97. The Morgan fingerprint density at radius 1 is 1.30 bits per heavy atom. The number of hydrogen-bond acceptors (Lipinski definition) is 3. The molecule has 1 aromatic carbocycles. The van der Waals surface area contributed by atoms with Gasteiger partial charge in [-0.15, -0.1) is 0 Å². The van der Waals surface area contributed by atoms with E-state index in [1.165, 1.54) is 24.8 Å². The fourth-order valence-corrected chi connectivity index (χ4v) is 2.89. The minimum Gasteiger partial charge on any atom is -0.378 e. The third-order valence-electron chi connectivity index (χ3n) is 4.13. The van der Waals surface area contributed by atoms with Gasteiger partial charge in [0.05, 0.1) is 11.6 Å². The number of benzene rings is 1. The highest BCUT2D eigenvalue weighted by atomic mass is 16.5. The summed E-state index contributed by atoms with van der Waals surface area (Å²) in [7, 11) is 0. The van der Waals surface area contributed by atoms with Crippen molar-refractivity contribution in [2.75, 3.05) is 6.61 Å². The van der Waals surface area contributed by atoms with Gasteiger partial charge >= 0.3 is 0 Å². The molecule has 0 aliphatic carbocycles. The fraction of sp³-hybridized carbons (Fsp3) is 0.471. The molecule has 0 saturated carbocycles. The third-order valence-corrected chi connectivity index (χ3v) is 4.13. The van der Waals surface area contributed by atoms with Crippen LogP contribution in [-0.4, -0.2) is 17.7 Å². The summed E-state index contributed by atoms with van der Waals surface area (Å²) in [6, 6.07) is 10.5. The van der Waals surface area contributed by atoms with Gasteiger partial charge in [-0.3, -0.25) is 4.98 Å². The SMILES string of the molecule is NC(CCC1CCCCO1)c1ccc2ncccc2c1. The van der Waals surface area contributed by atoms with Crippen molar-refractivity contribution < 1.29 is 4.74 Å². The first-order valence-corrected chi connectivity index (χ1v) is 7.55. The van der Waals surface area contributed by atoms with Crippen molar-refractivity contribution in [1.29, 1.82) is 0 Å². The van der Waals surface area contributed by atoms with Crippen molar-refractivity contribution in [3.05, 3.63) is 42.1 Å². The molecule has 2 unspecified atom stereocenters. The van der Waals surface area contributed by atoms with Crippen LogP contribution in [0.4, 0.5) is 0 Å². The van der Waals surface area contributed by atoms with Gasteiger partial charge in [0.1, 0.15) is 0 Å². The summed E-state index contributed by atoms with van der Waals surface area (Å²) in [6.45, 7) is 0.918. The van der Waals surface area contributed by atoms with Crippen LogP contribution in [0.15, 0.2) is 36.5 Å². The van der Waals surface area contributed by atoms with Crippen LogP contribution in [0.3, 0.4) is 0 Å². The maximum absolute atomic E-state index is 6.33. The molecule has 1 aliphatic rings. The normalized spacial score (nSPS) is 20.9. The van der Waals surface area contributed by atoms with Crippen LogP contribution in [0.5, 0.6) is 0 Å². The lowest BCUT2D eigenvalue weighted by Gasteiger charge is -2.24. The van der Waals surface area contributed by atoms with Crippen LogP contribution in [0, 0.1) is 0 Å². The molecule has 20 heavy (non-hydrogen) atoms. The average Bonchev–Trinajstić information content (AvgIpc) is 2.53. The van der Waals surface area contributed by atoms with E-state index in [0.717, 1.165) is 30.4 Å². The molecule has 1 aliphatic heterocycles. The zero-order chi connectivity index (χ0) is 13.8. The quantitative estimate of drug-likeness (QED) is 0.923. The number of fused-ring (bicyclic) bond motifs is 1. The number of nitrogens with zero attached hydrogens (tertiary/aromatic N) is 1. The van der Waals surface area contributed by atoms with Crippen LogP contribution in [0.2, 0.25) is 0 Å². The van der Waals surface area contributed by atoms with E-state index in [1.807, 2.05) is 12.3 Å². The van der Waals surface area contributed by atoms with E-state index in [0.29, 0.717) is 6.10 Å². The van der Waals surface area contributed by atoms with Crippen molar-refractivity contribution in [2.24, 2.45) is 5.73 Å². The lowest BCUT2D eigenvalue weighted by Crippen LogP contribution is -2.21. The summed E-state index contributed by atoms with van der Waals surface area (Å²) in [5, 5.41) is 1.16. The van der Waals surface area contributed by atoms with Gasteiger partial charge in [0.2, 0.25) is 0 Å². The van der Waals surface area contributed by atoms with Crippen LogP contribution in [0.1, 0.15) is 43.7 Å². The largest absolute Gasteiger partial charge is 0.378 e. The molecule has 3 heteroatoms. The molecule has 1 aromatic heterocycles. The molecular formula is C17H22N2O. The van der Waals surface area contributed by atoms with E-state index in [4.69, 9.17) is 10.5 Å². The Bertz CT molecular complexity index is 564. The zero-order valence-electron chi connectivity index (χ0n) is 11.8. The minimum atomic E-state index is 0.0881. The lowest BCUT2D eigenvalue weighted by molar-refractivity contribution is 0.00912. The number of ether oxygens (including phenoxy) is 1. The average molecular weight is 270 g/mol. The van der Waals surface area contributed by atoms with Crippen molar-refractivity contribution in [2.45, 2.75) is 44.2 Å². The summed E-state index contributed by atoms with van der Waals surface area (Å²) >= 11 is 0. The molecule has 1 saturated heterocycles. The standard InChI is InChI=1S/C17H22N2O/c18-16(8-7-15-5-1-2-11-20-15)13-6-9-17-14(12-13)4-3-10-19-17/h3-4,6,9-10,12,15-16H,1-2,5,7-8,11,18H2. The van der Waals surface area contributed by atoms with E-state index in [1.54, 1.807) is 0 Å². The highest BCUT2D eigenvalue weighted by molar-refractivity contribution is 5.79. The maximum atomic E-state index is 6.33. The Balaban J connectivity index is 1.64. The Morgan fingerprint density at radius 3 is 3.10 bits per heavy atom. The predicted octanol–water partition coefficient (Wildman–Crippen LogP) is 3.58. The van der Waals surface area contributed by atoms with Crippen molar-refractivity contribution >= 4 is 10.9 Å². The summed E-state index contributed by atoms with van der Waals surface area (Å²) < 4.78 is 5.77. The molecule has 0 amide bonds. The van der Waals surface area contributed by atoms with Gasteiger partial charge in [-0.2, -0.15) is 0 Å². The third kappa shape index (κ3) is 3.17. The Labute approximate surface area is 120 Å². The molecule has 0 bridgehead atoms. The molecular weight excluding hydrogens is 248 g/mol. The second-order valence-electron chi connectivity index (χ2n) is 5.63. The van der Waals surface area contributed by atoms with Gasteiger partial charge < -0.3 is 10.5 Å². The molecule has 1 fully saturated rings. The van der Waals surface area contributed by atoms with E-state index in [2.05, 4.69) is 29.2 Å². The molecule has 3 nitrogen and oxygen atoms in total. The lowest BCUT2D eigenvalue weighted by atomic mass is 9.97. The van der Waals surface area contributed by atoms with Crippen LogP contribution in [-0.2, 0) is 4.74 Å². The second-order valence-corrected chi connectivity index (χ2v) is 5.63. The minimum absolute atomic E-state index is 0.0881. The molecule has 2 atom stereocenters. The van der Waals surface area contributed by atoms with Gasteiger partial charge in [0, 0.05) is 24.2 Å². The van der Waals surface area contributed by atoms with Gasteiger partial charge in [-0.25, -0.2) is 0 Å². The molecule has 3 rings (SSSR count). The fourth-order valence-electron chi connectivity index (χ4n) is 2.89. The van der Waals surface area contributed by atoms with Crippen molar-refractivity contribution in [1.82, 2.24) is 4.98 Å². The first-order chi connectivity index (χ1) is 9.83. The number of rotatable bonds is 4. The van der Waals surface area contributed by atoms with Crippen molar-refractivity contribution in [3.63, 3.8) is 0 Å². The highest BCUT2D eigenvalue weighted by Crippen LogP contribution is 2.24. The topological polar surface area (TPSA) is 48.1 Å². The first kappa shape index (κ1) is 13.5. The first-order valence-electron chi connectivity index (χ1n) is 7.55. The predicted molar refractivity (Wildman–Crippen MR) is 81.5 cm³/mol. The van der Waals surface area contributed by atoms with Crippen LogP contribution < -0.4 is 5.73 Å². The van der Waals surface area contributed by atoms with Gasteiger partial charge in [-0.1, -0.05) is 12.1 Å². The molecule has 0 radical (unpaired) electrons. The summed E-state index contributed by atoms with van der Waals surface area (Å²) in [5.41, 5.74) is 8.55. The number of nitrogens with two attached hydrogens (primary N) is 1. The molecule has 2 N–H and O–H groups in total. The van der Waals surface area contributed by atoms with Gasteiger partial charge in [0.25, 0.3) is 0 Å². The van der Waals surface area contributed by atoms with Crippen LogP contribution in [0.25, 0.3) is 10.9 Å². The summed E-state index contributed by atoms with van der Waals surface area (Å²) in [5.74, 6) is 0. The zero-order valence-corrected chi connectivity index (χ0v) is 11.8. The van der Waals surface area contributed by atoms with E-state index < -0.39 is 0 Å². The summed E-state index contributed by atoms with van der Waals surface area (Å²) in [4.78, 5) is 4.34. The number of hydrogen-bond donors (Lipinski definition) is 1. The maximum Gasteiger partial charge on any atom is 0.0702 e. The smallest absolute Gasteiger partial charge is 0.0702 e. The number of pyridine rings is 1. The number of aromatic nitrogens is 1. The molecule has 106 valence electrons. The van der Waals surface area contributed by atoms with Gasteiger partial charge in [-0.05, 0) is 55.9 Å². The Hall–Kier alpha value is -1.45. The highest BCUT2D eigenvalue weighted by Gasteiger charge is 2.16. The van der Waals surface area contributed by atoms with E-state index >= 15 is 0 Å². The second kappa shape index (κ2) is 6.33. The Morgan fingerprint density at radius 2 is 2.25 bits per heavy atom. The molecule has 2 heterocycles. The van der Waals surface area contributed by atoms with Crippen molar-refractivity contribution in [3.8, 4) is 0 Å².